The third-order valence-corrected chi connectivity index (χ3v) is 4.35. The smallest absolute Gasteiger partial charge is 0.262 e. The maximum Gasteiger partial charge on any atom is 0.262 e. The molecule has 1 heterocycles. The number of nitrogens with one attached hydrogen (secondary N) is 1. The SMILES string of the molecule is O=S1(=O)Nc2ccc(Cl)cc2-c2ccccc21. The Hall–Kier alpha value is -1.52. The zero-order chi connectivity index (χ0) is 12.0. The van der Waals surface area contributed by atoms with Crippen molar-refractivity contribution < 1.29 is 8.42 Å². The van der Waals surface area contributed by atoms with Crippen LogP contribution in [0.4, 0.5) is 5.69 Å². The Morgan fingerprint density at radius 1 is 1.00 bits per heavy atom. The Morgan fingerprint density at radius 2 is 1.76 bits per heavy atom. The number of hydrogen-bond donors (Lipinski definition) is 1. The van der Waals surface area contributed by atoms with Gasteiger partial charge in [-0.25, -0.2) is 8.42 Å². The summed E-state index contributed by atoms with van der Waals surface area (Å²) in [4.78, 5) is 0.287. The van der Waals surface area contributed by atoms with E-state index in [9.17, 15) is 8.42 Å². The molecule has 0 aliphatic carbocycles. The van der Waals surface area contributed by atoms with E-state index in [0.717, 1.165) is 5.56 Å². The maximum atomic E-state index is 12.0. The first kappa shape index (κ1) is 10.6. The van der Waals surface area contributed by atoms with Gasteiger partial charge in [-0.15, -0.1) is 0 Å². The number of halogens is 1. The second-order valence-electron chi connectivity index (χ2n) is 3.79. The zero-order valence-electron chi connectivity index (χ0n) is 8.64. The van der Waals surface area contributed by atoms with Crippen molar-refractivity contribution in [3.63, 3.8) is 0 Å². The molecule has 1 aliphatic rings. The van der Waals surface area contributed by atoms with Gasteiger partial charge in [-0.3, -0.25) is 4.72 Å². The molecule has 2 aromatic carbocycles. The van der Waals surface area contributed by atoms with Crippen LogP contribution < -0.4 is 4.72 Å². The van der Waals surface area contributed by atoms with Crippen LogP contribution >= 0.6 is 11.6 Å². The molecule has 1 aliphatic heterocycles. The van der Waals surface area contributed by atoms with E-state index in [1.807, 2.05) is 6.07 Å². The number of rotatable bonds is 0. The molecule has 0 unspecified atom stereocenters. The quantitative estimate of drug-likeness (QED) is 0.795. The molecule has 0 radical (unpaired) electrons. The molecule has 0 atom stereocenters. The monoisotopic (exact) mass is 265 g/mol. The summed E-state index contributed by atoms with van der Waals surface area (Å²) < 4.78 is 26.5. The van der Waals surface area contributed by atoms with Gasteiger partial charge in [0.15, 0.2) is 0 Å². The van der Waals surface area contributed by atoms with Gasteiger partial charge in [-0.1, -0.05) is 29.8 Å². The molecule has 0 spiro atoms. The lowest BCUT2D eigenvalue weighted by Gasteiger charge is -2.21. The summed E-state index contributed by atoms with van der Waals surface area (Å²) in [6.07, 6.45) is 0. The average Bonchev–Trinajstić information content (AvgIpc) is 2.30. The highest BCUT2D eigenvalue weighted by molar-refractivity contribution is 7.93. The Kier molecular flexibility index (Phi) is 2.18. The molecule has 0 amide bonds. The fourth-order valence-electron chi connectivity index (χ4n) is 1.95. The molecule has 3 nitrogen and oxygen atoms in total. The normalized spacial score (nSPS) is 15.6. The fourth-order valence-corrected chi connectivity index (χ4v) is 3.43. The predicted octanol–water partition coefficient (Wildman–Crippen LogP) is 3.12. The maximum absolute atomic E-state index is 12.0. The van der Waals surface area contributed by atoms with Crippen LogP contribution in [0.15, 0.2) is 47.4 Å². The summed E-state index contributed by atoms with van der Waals surface area (Å²) in [5.74, 6) is 0. The number of sulfonamides is 1. The second kappa shape index (κ2) is 3.48. The van der Waals surface area contributed by atoms with E-state index in [2.05, 4.69) is 4.72 Å². The second-order valence-corrected chi connectivity index (χ2v) is 5.88. The Labute approximate surface area is 104 Å². The first-order valence-corrected chi connectivity index (χ1v) is 6.86. The van der Waals surface area contributed by atoms with Crippen LogP contribution in [0.5, 0.6) is 0 Å². The highest BCUT2D eigenvalue weighted by Gasteiger charge is 2.26. The van der Waals surface area contributed by atoms with Gasteiger partial charge in [0.25, 0.3) is 10.0 Å². The topological polar surface area (TPSA) is 46.2 Å². The summed E-state index contributed by atoms with van der Waals surface area (Å²) in [6.45, 7) is 0. The van der Waals surface area contributed by atoms with Gasteiger partial charge in [0.2, 0.25) is 0 Å². The zero-order valence-corrected chi connectivity index (χ0v) is 10.2. The third-order valence-electron chi connectivity index (χ3n) is 2.69. The van der Waals surface area contributed by atoms with Crippen LogP contribution in [-0.2, 0) is 10.0 Å². The first-order valence-electron chi connectivity index (χ1n) is 5.00. The van der Waals surface area contributed by atoms with Crippen LogP contribution in [0.2, 0.25) is 5.02 Å². The van der Waals surface area contributed by atoms with Crippen LogP contribution in [0.3, 0.4) is 0 Å². The van der Waals surface area contributed by atoms with Crippen molar-refractivity contribution in [2.45, 2.75) is 4.90 Å². The standard InChI is InChI=1S/C12H8ClNO2S/c13-8-5-6-11-10(7-8)9-3-1-2-4-12(9)17(15,16)14-11/h1-7,14H. The molecule has 3 rings (SSSR count). The molecule has 1 N–H and O–H groups in total. The highest BCUT2D eigenvalue weighted by Crippen LogP contribution is 2.39. The molecule has 0 saturated carbocycles. The van der Waals surface area contributed by atoms with Crippen molar-refractivity contribution in [2.24, 2.45) is 0 Å². The summed E-state index contributed by atoms with van der Waals surface area (Å²) in [7, 11) is -3.46. The molecule has 5 heteroatoms. The van der Waals surface area contributed by atoms with E-state index in [0.29, 0.717) is 16.3 Å². The molecule has 17 heavy (non-hydrogen) atoms. The van der Waals surface area contributed by atoms with E-state index < -0.39 is 10.0 Å². The lowest BCUT2D eigenvalue weighted by atomic mass is 10.0. The molecule has 86 valence electrons. The summed E-state index contributed by atoms with van der Waals surface area (Å²) in [5, 5.41) is 0.583. The summed E-state index contributed by atoms with van der Waals surface area (Å²) >= 11 is 5.94. The molecule has 0 aromatic heterocycles. The van der Waals surface area contributed by atoms with Gasteiger partial charge < -0.3 is 0 Å². The van der Waals surface area contributed by atoms with Crippen LogP contribution in [0.1, 0.15) is 0 Å². The van der Waals surface area contributed by atoms with Crippen LogP contribution in [0.25, 0.3) is 11.1 Å². The van der Waals surface area contributed by atoms with E-state index in [-0.39, 0.29) is 4.90 Å². The van der Waals surface area contributed by atoms with Crippen molar-refractivity contribution in [3.05, 3.63) is 47.5 Å². The highest BCUT2D eigenvalue weighted by atomic mass is 35.5. The Balaban J connectivity index is 2.41. The minimum atomic E-state index is -3.46. The van der Waals surface area contributed by atoms with E-state index >= 15 is 0 Å². The van der Waals surface area contributed by atoms with E-state index in [1.165, 1.54) is 0 Å². The van der Waals surface area contributed by atoms with Crippen molar-refractivity contribution in [3.8, 4) is 11.1 Å². The van der Waals surface area contributed by atoms with Gasteiger partial charge in [0.05, 0.1) is 10.6 Å². The van der Waals surface area contributed by atoms with Crippen LogP contribution in [-0.4, -0.2) is 8.42 Å². The minimum absolute atomic E-state index is 0.287. The Bertz CT molecular complexity index is 710. The molecular formula is C12H8ClNO2S. The minimum Gasteiger partial charge on any atom is -0.279 e. The number of hydrogen-bond acceptors (Lipinski definition) is 2. The first-order chi connectivity index (χ1) is 8.08. The lowest BCUT2D eigenvalue weighted by molar-refractivity contribution is 0.601. The van der Waals surface area contributed by atoms with Crippen molar-refractivity contribution in [1.29, 1.82) is 0 Å². The molecule has 2 aromatic rings. The van der Waals surface area contributed by atoms with Gasteiger partial charge >= 0.3 is 0 Å². The fraction of sp³-hybridized carbons (Fsp3) is 0. The molecule has 0 bridgehead atoms. The van der Waals surface area contributed by atoms with Crippen LogP contribution in [0, 0.1) is 0 Å². The number of benzene rings is 2. The van der Waals surface area contributed by atoms with Gasteiger partial charge in [-0.05, 0) is 24.3 Å². The molecule has 0 fully saturated rings. The predicted molar refractivity (Wildman–Crippen MR) is 67.7 cm³/mol. The number of fused-ring (bicyclic) bond motifs is 3. The van der Waals surface area contributed by atoms with E-state index in [4.69, 9.17) is 11.6 Å². The van der Waals surface area contributed by atoms with Crippen molar-refractivity contribution >= 4 is 27.3 Å². The number of anilines is 1. The van der Waals surface area contributed by atoms with Gasteiger partial charge in [0, 0.05) is 16.1 Å². The molecular weight excluding hydrogens is 258 g/mol. The molecule has 0 saturated heterocycles. The Morgan fingerprint density at radius 3 is 2.59 bits per heavy atom. The van der Waals surface area contributed by atoms with Crippen molar-refractivity contribution in [2.75, 3.05) is 4.72 Å². The van der Waals surface area contributed by atoms with Crippen molar-refractivity contribution in [1.82, 2.24) is 0 Å². The van der Waals surface area contributed by atoms with Gasteiger partial charge in [0.1, 0.15) is 0 Å². The van der Waals surface area contributed by atoms with E-state index in [1.54, 1.807) is 36.4 Å². The largest absolute Gasteiger partial charge is 0.279 e. The summed E-state index contributed by atoms with van der Waals surface area (Å²) in [6, 6.07) is 12.0. The lowest BCUT2D eigenvalue weighted by Crippen LogP contribution is -2.18. The third kappa shape index (κ3) is 1.61. The summed E-state index contributed by atoms with van der Waals surface area (Å²) in [5.41, 5.74) is 2.06. The van der Waals surface area contributed by atoms with Gasteiger partial charge in [-0.2, -0.15) is 0 Å². The average molecular weight is 266 g/mol.